The number of pyridine rings is 1. The van der Waals surface area contributed by atoms with E-state index in [2.05, 4.69) is 10.3 Å². The molecule has 66 valence electrons. The standard InChI is InChI=1S/C8H10N2O.ClH/c1-3-9-4-2-7(1)8-10-5-6-11-8;/h1-4,8,10H,5-6H2;1H. The molecule has 0 aliphatic carbocycles. The zero-order valence-electron chi connectivity index (χ0n) is 6.56. The average molecular weight is 187 g/mol. The molecule has 1 aliphatic heterocycles. The highest BCUT2D eigenvalue weighted by Gasteiger charge is 2.15. The highest BCUT2D eigenvalue weighted by Crippen LogP contribution is 2.15. The Bertz CT molecular complexity index is 224. The molecule has 1 fully saturated rings. The molecule has 2 rings (SSSR count). The maximum absolute atomic E-state index is 5.40. The van der Waals surface area contributed by atoms with Crippen LogP contribution < -0.4 is 5.32 Å². The van der Waals surface area contributed by atoms with Gasteiger partial charge in [0.05, 0.1) is 6.61 Å². The molecule has 0 radical (unpaired) electrons. The Morgan fingerprint density at radius 3 is 2.75 bits per heavy atom. The Kier molecular flexibility index (Phi) is 3.47. The van der Waals surface area contributed by atoms with E-state index in [0.29, 0.717) is 0 Å². The fourth-order valence-corrected chi connectivity index (χ4v) is 1.18. The van der Waals surface area contributed by atoms with Crippen molar-refractivity contribution >= 4 is 12.4 Å². The second-order valence-corrected chi connectivity index (χ2v) is 2.49. The molecule has 1 aromatic heterocycles. The van der Waals surface area contributed by atoms with Gasteiger partial charge in [-0.3, -0.25) is 10.3 Å². The van der Waals surface area contributed by atoms with Crippen LogP contribution in [0.4, 0.5) is 0 Å². The molecule has 1 saturated heterocycles. The van der Waals surface area contributed by atoms with E-state index < -0.39 is 0 Å². The number of hydrogen-bond acceptors (Lipinski definition) is 3. The van der Waals surface area contributed by atoms with Gasteiger partial charge in [0.25, 0.3) is 0 Å². The summed E-state index contributed by atoms with van der Waals surface area (Å²) < 4.78 is 5.40. The molecule has 0 bridgehead atoms. The molecular formula is C8H11ClN2O. The van der Waals surface area contributed by atoms with Crippen LogP contribution >= 0.6 is 12.4 Å². The Labute approximate surface area is 77.6 Å². The summed E-state index contributed by atoms with van der Waals surface area (Å²) in [6.45, 7) is 1.74. The molecule has 0 aromatic carbocycles. The molecule has 1 unspecified atom stereocenters. The van der Waals surface area contributed by atoms with Crippen molar-refractivity contribution in [2.75, 3.05) is 13.2 Å². The van der Waals surface area contributed by atoms with Gasteiger partial charge < -0.3 is 4.74 Å². The molecule has 2 heterocycles. The summed E-state index contributed by atoms with van der Waals surface area (Å²) in [6.07, 6.45) is 3.63. The molecule has 1 aromatic rings. The SMILES string of the molecule is Cl.c1cc(C2NCCO2)ccn1. The molecule has 1 atom stereocenters. The summed E-state index contributed by atoms with van der Waals surface area (Å²) in [5, 5.41) is 3.22. The molecule has 1 N–H and O–H groups in total. The van der Waals surface area contributed by atoms with Crippen molar-refractivity contribution in [3.8, 4) is 0 Å². The van der Waals surface area contributed by atoms with E-state index >= 15 is 0 Å². The number of ether oxygens (including phenoxy) is 1. The van der Waals surface area contributed by atoms with E-state index in [0.717, 1.165) is 18.7 Å². The number of nitrogens with zero attached hydrogens (tertiary/aromatic N) is 1. The fourth-order valence-electron chi connectivity index (χ4n) is 1.18. The van der Waals surface area contributed by atoms with Crippen molar-refractivity contribution in [1.82, 2.24) is 10.3 Å². The van der Waals surface area contributed by atoms with Crippen molar-refractivity contribution < 1.29 is 4.74 Å². The summed E-state index contributed by atoms with van der Waals surface area (Å²) in [5.74, 6) is 0. The first-order valence-corrected chi connectivity index (χ1v) is 3.72. The van der Waals surface area contributed by atoms with Crippen molar-refractivity contribution in [3.63, 3.8) is 0 Å². The first kappa shape index (κ1) is 9.45. The van der Waals surface area contributed by atoms with Gasteiger partial charge in [-0.15, -0.1) is 12.4 Å². The number of rotatable bonds is 1. The number of nitrogens with one attached hydrogen (secondary N) is 1. The highest BCUT2D eigenvalue weighted by molar-refractivity contribution is 5.85. The van der Waals surface area contributed by atoms with Crippen LogP contribution in [-0.4, -0.2) is 18.1 Å². The van der Waals surface area contributed by atoms with Crippen LogP contribution in [0.3, 0.4) is 0 Å². The van der Waals surface area contributed by atoms with Gasteiger partial charge in [0.2, 0.25) is 0 Å². The topological polar surface area (TPSA) is 34.1 Å². The van der Waals surface area contributed by atoms with Crippen LogP contribution in [0.5, 0.6) is 0 Å². The summed E-state index contributed by atoms with van der Waals surface area (Å²) >= 11 is 0. The van der Waals surface area contributed by atoms with E-state index in [9.17, 15) is 0 Å². The lowest BCUT2D eigenvalue weighted by Gasteiger charge is -2.08. The Morgan fingerprint density at radius 2 is 2.17 bits per heavy atom. The minimum Gasteiger partial charge on any atom is -0.358 e. The summed E-state index contributed by atoms with van der Waals surface area (Å²) in [5.41, 5.74) is 1.15. The first-order valence-electron chi connectivity index (χ1n) is 3.72. The van der Waals surface area contributed by atoms with E-state index in [1.807, 2.05) is 12.1 Å². The summed E-state index contributed by atoms with van der Waals surface area (Å²) in [7, 11) is 0. The lowest BCUT2D eigenvalue weighted by molar-refractivity contribution is 0.102. The maximum atomic E-state index is 5.40. The third kappa shape index (κ3) is 1.94. The summed E-state index contributed by atoms with van der Waals surface area (Å²) in [6, 6.07) is 3.92. The van der Waals surface area contributed by atoms with Crippen LogP contribution in [0, 0.1) is 0 Å². The highest BCUT2D eigenvalue weighted by atomic mass is 35.5. The normalized spacial score (nSPS) is 21.8. The molecule has 12 heavy (non-hydrogen) atoms. The zero-order chi connectivity index (χ0) is 7.52. The lowest BCUT2D eigenvalue weighted by atomic mass is 10.2. The van der Waals surface area contributed by atoms with Crippen molar-refractivity contribution in [3.05, 3.63) is 30.1 Å². The molecular weight excluding hydrogens is 176 g/mol. The van der Waals surface area contributed by atoms with Gasteiger partial charge >= 0.3 is 0 Å². The van der Waals surface area contributed by atoms with Crippen LogP contribution in [0.1, 0.15) is 11.8 Å². The van der Waals surface area contributed by atoms with Crippen molar-refractivity contribution in [1.29, 1.82) is 0 Å². The van der Waals surface area contributed by atoms with E-state index in [1.54, 1.807) is 12.4 Å². The first-order chi connectivity index (χ1) is 5.47. The molecule has 0 amide bonds. The van der Waals surface area contributed by atoms with Crippen LogP contribution in [0.15, 0.2) is 24.5 Å². The minimum absolute atomic E-state index is 0. The zero-order valence-corrected chi connectivity index (χ0v) is 7.38. The van der Waals surface area contributed by atoms with Gasteiger partial charge in [-0.05, 0) is 17.7 Å². The van der Waals surface area contributed by atoms with Crippen LogP contribution in [0.25, 0.3) is 0 Å². The van der Waals surface area contributed by atoms with Gasteiger partial charge in [-0.2, -0.15) is 0 Å². The predicted octanol–water partition coefficient (Wildman–Crippen LogP) is 1.12. The fraction of sp³-hybridized carbons (Fsp3) is 0.375. The molecule has 3 nitrogen and oxygen atoms in total. The smallest absolute Gasteiger partial charge is 0.134 e. The van der Waals surface area contributed by atoms with Crippen LogP contribution in [0.2, 0.25) is 0 Å². The largest absolute Gasteiger partial charge is 0.358 e. The van der Waals surface area contributed by atoms with E-state index in [4.69, 9.17) is 4.74 Å². The molecule has 1 aliphatic rings. The number of hydrogen-bond donors (Lipinski definition) is 1. The molecule has 0 saturated carbocycles. The van der Waals surface area contributed by atoms with Gasteiger partial charge in [0.1, 0.15) is 6.23 Å². The third-order valence-electron chi connectivity index (χ3n) is 1.73. The van der Waals surface area contributed by atoms with Gasteiger partial charge in [0, 0.05) is 18.9 Å². The van der Waals surface area contributed by atoms with Crippen molar-refractivity contribution in [2.45, 2.75) is 6.23 Å². The summed E-state index contributed by atoms with van der Waals surface area (Å²) in [4.78, 5) is 3.93. The molecule has 4 heteroatoms. The maximum Gasteiger partial charge on any atom is 0.134 e. The van der Waals surface area contributed by atoms with Gasteiger partial charge in [-0.1, -0.05) is 0 Å². The second-order valence-electron chi connectivity index (χ2n) is 2.49. The Morgan fingerprint density at radius 1 is 1.42 bits per heavy atom. The van der Waals surface area contributed by atoms with Gasteiger partial charge in [-0.25, -0.2) is 0 Å². The van der Waals surface area contributed by atoms with E-state index in [1.165, 1.54) is 0 Å². The second kappa shape index (κ2) is 4.40. The Hall–Kier alpha value is -0.640. The Balaban J connectivity index is 0.000000720. The third-order valence-corrected chi connectivity index (χ3v) is 1.73. The van der Waals surface area contributed by atoms with Crippen molar-refractivity contribution in [2.24, 2.45) is 0 Å². The minimum atomic E-state index is 0. The number of halogens is 1. The number of aromatic nitrogens is 1. The van der Waals surface area contributed by atoms with E-state index in [-0.39, 0.29) is 18.6 Å². The predicted molar refractivity (Wildman–Crippen MR) is 48.2 cm³/mol. The molecule has 0 spiro atoms. The average Bonchev–Trinajstić information content (AvgIpc) is 2.58. The quantitative estimate of drug-likeness (QED) is 0.714. The van der Waals surface area contributed by atoms with Gasteiger partial charge in [0.15, 0.2) is 0 Å². The van der Waals surface area contributed by atoms with Crippen LogP contribution in [-0.2, 0) is 4.74 Å². The lowest BCUT2D eigenvalue weighted by Crippen LogP contribution is -2.13. The monoisotopic (exact) mass is 186 g/mol.